The van der Waals surface area contributed by atoms with Gasteiger partial charge in [0.1, 0.15) is 23.9 Å². The second kappa shape index (κ2) is 9.23. The highest BCUT2D eigenvalue weighted by atomic mass is 35.5. The molecule has 156 valence electrons. The number of benzene rings is 2. The van der Waals surface area contributed by atoms with Gasteiger partial charge in [0.15, 0.2) is 11.5 Å². The molecule has 4 aromatic rings. The quantitative estimate of drug-likeness (QED) is 0.421. The Kier molecular flexibility index (Phi) is 6.05. The molecule has 0 radical (unpaired) electrons. The Morgan fingerprint density at radius 2 is 1.42 bits per heavy atom. The Hall–Kier alpha value is -3.97. The molecule has 0 bridgehead atoms. The van der Waals surface area contributed by atoms with Gasteiger partial charge < -0.3 is 13.6 Å². The van der Waals surface area contributed by atoms with E-state index in [0.717, 1.165) is 0 Å². The van der Waals surface area contributed by atoms with Gasteiger partial charge in [-0.05, 0) is 48.5 Å². The van der Waals surface area contributed by atoms with Crippen molar-refractivity contribution in [3.63, 3.8) is 0 Å². The number of nitrogens with one attached hydrogen (secondary N) is 2. The highest BCUT2D eigenvalue weighted by Crippen LogP contribution is 2.28. The lowest BCUT2D eigenvalue weighted by Gasteiger charge is -2.05. The number of para-hydroxylation sites is 1. The molecule has 0 aliphatic carbocycles. The number of amides is 2. The number of rotatable bonds is 6. The van der Waals surface area contributed by atoms with Gasteiger partial charge in [0.2, 0.25) is 0 Å². The molecule has 0 saturated heterocycles. The van der Waals surface area contributed by atoms with E-state index >= 15 is 0 Å². The van der Waals surface area contributed by atoms with Crippen LogP contribution in [0.1, 0.15) is 26.9 Å². The molecule has 2 aromatic carbocycles. The lowest BCUT2D eigenvalue weighted by Crippen LogP contribution is -2.41. The molecule has 2 N–H and O–H groups in total. The van der Waals surface area contributed by atoms with E-state index in [1.165, 1.54) is 12.1 Å². The largest absolute Gasteiger partial charge is 0.486 e. The Balaban J connectivity index is 1.31. The maximum Gasteiger partial charge on any atom is 0.305 e. The number of hydrogen-bond acceptors (Lipinski definition) is 5. The van der Waals surface area contributed by atoms with Crippen LogP contribution < -0.4 is 15.6 Å². The van der Waals surface area contributed by atoms with Crippen molar-refractivity contribution < 1.29 is 23.2 Å². The topological polar surface area (TPSA) is 93.7 Å². The highest BCUT2D eigenvalue weighted by Gasteiger charge is 2.16. The summed E-state index contributed by atoms with van der Waals surface area (Å²) < 4.78 is 16.6. The highest BCUT2D eigenvalue weighted by molar-refractivity contribution is 6.33. The third kappa shape index (κ3) is 4.96. The van der Waals surface area contributed by atoms with Gasteiger partial charge in [-0.2, -0.15) is 0 Å². The van der Waals surface area contributed by atoms with Crippen LogP contribution in [0.15, 0.2) is 87.7 Å². The van der Waals surface area contributed by atoms with Crippen LogP contribution in [0.25, 0.3) is 11.3 Å². The monoisotopic (exact) mass is 436 g/mol. The van der Waals surface area contributed by atoms with Gasteiger partial charge in [0.05, 0.1) is 5.02 Å². The Labute approximate surface area is 182 Å². The van der Waals surface area contributed by atoms with Crippen LogP contribution in [0.3, 0.4) is 0 Å². The molecule has 0 atom stereocenters. The molecular formula is C23H17ClN2O5. The predicted molar refractivity (Wildman–Crippen MR) is 114 cm³/mol. The molecule has 0 fully saturated rings. The fraction of sp³-hybridized carbons (Fsp3) is 0.0435. The maximum absolute atomic E-state index is 12.3. The summed E-state index contributed by atoms with van der Waals surface area (Å²) in [6, 6.07) is 22.6. The normalized spacial score (nSPS) is 10.5. The first-order chi connectivity index (χ1) is 15.1. The first-order valence-electron chi connectivity index (χ1n) is 9.32. The van der Waals surface area contributed by atoms with Crippen molar-refractivity contribution in [2.75, 3.05) is 0 Å². The molecule has 2 amide bonds. The zero-order chi connectivity index (χ0) is 21.6. The van der Waals surface area contributed by atoms with Crippen LogP contribution in [0.5, 0.6) is 5.75 Å². The number of hydrogen-bond donors (Lipinski definition) is 2. The van der Waals surface area contributed by atoms with Crippen LogP contribution in [0.4, 0.5) is 0 Å². The SMILES string of the molecule is O=C(NNC(=O)c1ccc(-c2ccccc2Cl)o1)c1ccc(COc2ccccc2)o1. The first kappa shape index (κ1) is 20.3. The fourth-order valence-corrected chi connectivity index (χ4v) is 2.98. The summed E-state index contributed by atoms with van der Waals surface area (Å²) in [7, 11) is 0. The van der Waals surface area contributed by atoms with E-state index in [2.05, 4.69) is 10.9 Å². The van der Waals surface area contributed by atoms with Gasteiger partial charge in [0.25, 0.3) is 0 Å². The summed E-state index contributed by atoms with van der Waals surface area (Å²) in [4.78, 5) is 24.5. The minimum absolute atomic E-state index is 0.0200. The average molecular weight is 437 g/mol. The molecule has 0 spiro atoms. The third-order valence-corrected chi connectivity index (χ3v) is 4.60. The molecule has 2 heterocycles. The molecular weight excluding hydrogens is 420 g/mol. The van der Waals surface area contributed by atoms with Gasteiger partial charge >= 0.3 is 11.8 Å². The number of furan rings is 2. The molecule has 7 nitrogen and oxygen atoms in total. The van der Waals surface area contributed by atoms with E-state index in [4.69, 9.17) is 25.2 Å². The van der Waals surface area contributed by atoms with Gasteiger partial charge in [-0.25, -0.2) is 0 Å². The summed E-state index contributed by atoms with van der Waals surface area (Å²) in [6.45, 7) is 0.168. The molecule has 4 rings (SSSR count). The van der Waals surface area contributed by atoms with Crippen LogP contribution >= 0.6 is 11.6 Å². The van der Waals surface area contributed by atoms with Crippen molar-refractivity contribution in [3.8, 4) is 17.1 Å². The van der Waals surface area contributed by atoms with E-state index in [1.807, 2.05) is 36.4 Å². The van der Waals surface area contributed by atoms with Crippen molar-refractivity contribution in [1.82, 2.24) is 10.9 Å². The standard InChI is InChI=1S/C23H17ClN2O5/c24-18-9-5-4-8-17(18)19-12-13-21(31-19)23(28)26-25-22(27)20-11-10-16(30-20)14-29-15-6-2-1-3-7-15/h1-13H,14H2,(H,25,27)(H,26,28). The molecule has 8 heteroatoms. The number of hydrazine groups is 1. The number of carbonyl (C=O) groups is 2. The Morgan fingerprint density at radius 1 is 0.774 bits per heavy atom. The van der Waals surface area contributed by atoms with Gasteiger partial charge in [-0.3, -0.25) is 20.4 Å². The molecule has 0 saturated carbocycles. The first-order valence-corrected chi connectivity index (χ1v) is 9.70. The van der Waals surface area contributed by atoms with Crippen molar-refractivity contribution >= 4 is 23.4 Å². The molecule has 0 aliphatic rings. The van der Waals surface area contributed by atoms with Crippen molar-refractivity contribution in [2.24, 2.45) is 0 Å². The molecule has 31 heavy (non-hydrogen) atoms. The Bertz CT molecular complexity index is 1200. The summed E-state index contributed by atoms with van der Waals surface area (Å²) in [5, 5.41) is 0.502. The maximum atomic E-state index is 12.3. The van der Waals surface area contributed by atoms with Crippen LogP contribution in [0.2, 0.25) is 5.02 Å². The van der Waals surface area contributed by atoms with Crippen molar-refractivity contribution in [3.05, 3.63) is 101 Å². The van der Waals surface area contributed by atoms with Crippen LogP contribution in [-0.4, -0.2) is 11.8 Å². The van der Waals surface area contributed by atoms with Crippen LogP contribution in [0, 0.1) is 0 Å². The number of ether oxygens (including phenoxy) is 1. The lowest BCUT2D eigenvalue weighted by molar-refractivity contribution is 0.0815. The van der Waals surface area contributed by atoms with Gasteiger partial charge in [0, 0.05) is 5.56 Å². The summed E-state index contributed by atoms with van der Waals surface area (Å²) in [5.41, 5.74) is 5.23. The third-order valence-electron chi connectivity index (χ3n) is 4.27. The minimum atomic E-state index is -0.620. The second-order valence-corrected chi connectivity index (χ2v) is 6.83. The van der Waals surface area contributed by atoms with E-state index in [1.54, 1.807) is 30.3 Å². The van der Waals surface area contributed by atoms with E-state index < -0.39 is 11.8 Å². The van der Waals surface area contributed by atoms with Crippen molar-refractivity contribution in [1.29, 1.82) is 0 Å². The van der Waals surface area contributed by atoms with Crippen molar-refractivity contribution in [2.45, 2.75) is 6.61 Å². The van der Waals surface area contributed by atoms with E-state index in [9.17, 15) is 9.59 Å². The number of halogens is 1. The summed E-state index contributed by atoms with van der Waals surface area (Å²) in [6.07, 6.45) is 0. The lowest BCUT2D eigenvalue weighted by atomic mass is 10.2. The summed E-state index contributed by atoms with van der Waals surface area (Å²) in [5.74, 6) is 0.413. The average Bonchev–Trinajstić information content (AvgIpc) is 3.47. The molecule has 0 aliphatic heterocycles. The Morgan fingerprint density at radius 3 is 2.16 bits per heavy atom. The summed E-state index contributed by atoms with van der Waals surface area (Å²) >= 11 is 6.14. The van der Waals surface area contributed by atoms with Gasteiger partial charge in [-0.15, -0.1) is 0 Å². The minimum Gasteiger partial charge on any atom is -0.486 e. The van der Waals surface area contributed by atoms with E-state index in [-0.39, 0.29) is 18.1 Å². The predicted octanol–water partition coefficient (Wildman–Crippen LogP) is 4.85. The molecule has 2 aromatic heterocycles. The van der Waals surface area contributed by atoms with E-state index in [0.29, 0.717) is 27.9 Å². The smallest absolute Gasteiger partial charge is 0.305 e. The van der Waals surface area contributed by atoms with Gasteiger partial charge in [-0.1, -0.05) is 41.9 Å². The zero-order valence-corrected chi connectivity index (χ0v) is 16.9. The fourth-order valence-electron chi connectivity index (χ4n) is 2.75. The number of carbonyl (C=O) groups excluding carboxylic acids is 2. The second-order valence-electron chi connectivity index (χ2n) is 6.42. The zero-order valence-electron chi connectivity index (χ0n) is 16.1. The van der Waals surface area contributed by atoms with Crippen LogP contribution in [-0.2, 0) is 6.61 Å². The molecule has 0 unspecified atom stereocenters.